The first-order valence-corrected chi connectivity index (χ1v) is 8.32. The lowest BCUT2D eigenvalue weighted by atomic mass is 10.2. The van der Waals surface area contributed by atoms with Crippen LogP contribution < -0.4 is 4.74 Å². The first-order chi connectivity index (χ1) is 11.8. The van der Waals surface area contributed by atoms with E-state index < -0.39 is 0 Å². The van der Waals surface area contributed by atoms with Crippen LogP contribution in [-0.2, 0) is 0 Å². The molecule has 3 aromatic rings. The largest absolute Gasteiger partial charge is 0.497 e. The van der Waals surface area contributed by atoms with Gasteiger partial charge in [0.25, 0.3) is 0 Å². The van der Waals surface area contributed by atoms with Crippen molar-refractivity contribution in [3.63, 3.8) is 0 Å². The van der Waals surface area contributed by atoms with Crippen molar-refractivity contribution in [1.29, 1.82) is 5.26 Å². The number of ether oxygens (including phenoxy) is 1. The van der Waals surface area contributed by atoms with Crippen molar-refractivity contribution in [2.75, 3.05) is 12.9 Å². The second-order valence-electron chi connectivity index (χ2n) is 4.83. The van der Waals surface area contributed by atoms with Crippen LogP contribution in [0.25, 0.3) is 17.1 Å². The number of hydrogen-bond acceptors (Lipinski definition) is 6. The van der Waals surface area contributed by atoms with Crippen molar-refractivity contribution in [2.45, 2.75) is 11.6 Å². The lowest BCUT2D eigenvalue weighted by molar-refractivity contribution is 0.414. The first-order valence-electron chi connectivity index (χ1n) is 7.33. The summed E-state index contributed by atoms with van der Waals surface area (Å²) in [4.78, 5) is 4.05. The van der Waals surface area contributed by atoms with E-state index in [1.165, 1.54) is 11.8 Å². The third-order valence-corrected chi connectivity index (χ3v) is 4.28. The Bertz CT molecular complexity index is 840. The second kappa shape index (κ2) is 7.62. The number of nitriles is 1. The fraction of sp³-hybridized carbons (Fsp3) is 0.176. The van der Waals surface area contributed by atoms with Gasteiger partial charge in [-0.05, 0) is 36.4 Å². The van der Waals surface area contributed by atoms with E-state index >= 15 is 0 Å². The van der Waals surface area contributed by atoms with Crippen LogP contribution in [0.2, 0.25) is 0 Å². The summed E-state index contributed by atoms with van der Waals surface area (Å²) in [6.07, 6.45) is 3.92. The van der Waals surface area contributed by atoms with E-state index in [0.717, 1.165) is 28.0 Å². The van der Waals surface area contributed by atoms with Gasteiger partial charge in [0, 0.05) is 35.8 Å². The lowest BCUT2D eigenvalue weighted by Gasteiger charge is -2.10. The Labute approximate surface area is 144 Å². The maximum atomic E-state index is 8.74. The van der Waals surface area contributed by atoms with E-state index in [0.29, 0.717) is 12.2 Å². The van der Waals surface area contributed by atoms with Crippen LogP contribution in [-0.4, -0.2) is 32.6 Å². The van der Waals surface area contributed by atoms with Crippen LogP contribution in [0.5, 0.6) is 5.75 Å². The topological polar surface area (TPSA) is 76.6 Å². The molecule has 0 amide bonds. The van der Waals surface area contributed by atoms with Gasteiger partial charge in [-0.15, -0.1) is 10.2 Å². The lowest BCUT2D eigenvalue weighted by Crippen LogP contribution is -2.00. The highest BCUT2D eigenvalue weighted by Crippen LogP contribution is 2.28. The first kappa shape index (κ1) is 16.0. The molecule has 0 spiro atoms. The van der Waals surface area contributed by atoms with Crippen molar-refractivity contribution >= 4 is 11.8 Å². The van der Waals surface area contributed by atoms with Crippen LogP contribution in [0.3, 0.4) is 0 Å². The van der Waals surface area contributed by atoms with Gasteiger partial charge in [0.05, 0.1) is 13.2 Å². The zero-order chi connectivity index (χ0) is 16.8. The summed E-state index contributed by atoms with van der Waals surface area (Å²) in [7, 11) is 1.64. The molecule has 2 heterocycles. The predicted octanol–water partition coefficient (Wildman–Crippen LogP) is 3.34. The smallest absolute Gasteiger partial charge is 0.196 e. The average Bonchev–Trinajstić information content (AvgIpc) is 3.06. The van der Waals surface area contributed by atoms with E-state index in [4.69, 9.17) is 10.00 Å². The number of thioether (sulfide) groups is 1. The summed E-state index contributed by atoms with van der Waals surface area (Å²) in [6.45, 7) is 0. The van der Waals surface area contributed by atoms with E-state index in [-0.39, 0.29) is 0 Å². The van der Waals surface area contributed by atoms with Gasteiger partial charge in [-0.3, -0.25) is 9.55 Å². The standard InChI is InChI=1S/C17H15N5OS/c1-23-15-5-3-14(4-6-15)22-16(13-7-10-19-11-8-13)20-21-17(22)24-12-2-9-18/h3-8,10-11H,2,12H2,1H3. The Morgan fingerprint density at radius 2 is 1.88 bits per heavy atom. The van der Waals surface area contributed by atoms with Crippen LogP contribution in [0.15, 0.2) is 53.9 Å². The normalized spacial score (nSPS) is 10.3. The molecule has 0 aliphatic rings. The van der Waals surface area contributed by atoms with Crippen molar-refractivity contribution in [1.82, 2.24) is 19.7 Å². The molecule has 120 valence electrons. The molecule has 0 aliphatic carbocycles. The Balaban J connectivity index is 2.05. The van der Waals surface area contributed by atoms with Gasteiger partial charge < -0.3 is 4.74 Å². The second-order valence-corrected chi connectivity index (χ2v) is 5.89. The highest BCUT2D eigenvalue weighted by molar-refractivity contribution is 7.99. The Kier molecular flexibility index (Phi) is 5.08. The van der Waals surface area contributed by atoms with E-state index in [2.05, 4.69) is 21.3 Å². The van der Waals surface area contributed by atoms with Gasteiger partial charge in [-0.25, -0.2) is 0 Å². The van der Waals surface area contributed by atoms with Crippen molar-refractivity contribution in [2.24, 2.45) is 0 Å². The van der Waals surface area contributed by atoms with Gasteiger partial charge in [0.2, 0.25) is 0 Å². The molecule has 7 heteroatoms. The van der Waals surface area contributed by atoms with Crippen LogP contribution in [0, 0.1) is 11.3 Å². The van der Waals surface area contributed by atoms with Crippen LogP contribution >= 0.6 is 11.8 Å². The molecule has 0 fully saturated rings. The third-order valence-electron chi connectivity index (χ3n) is 3.35. The molecular formula is C17H15N5OS. The SMILES string of the molecule is COc1ccc(-n2c(SCCC#N)nnc2-c2ccncc2)cc1. The summed E-state index contributed by atoms with van der Waals surface area (Å²) in [5.74, 6) is 2.19. The Morgan fingerprint density at radius 1 is 1.12 bits per heavy atom. The number of benzene rings is 1. The number of rotatable bonds is 6. The molecule has 0 atom stereocenters. The molecule has 0 saturated carbocycles. The number of hydrogen-bond donors (Lipinski definition) is 0. The van der Waals surface area contributed by atoms with Crippen LogP contribution in [0.4, 0.5) is 0 Å². The number of aromatic nitrogens is 4. The highest BCUT2D eigenvalue weighted by Gasteiger charge is 2.16. The highest BCUT2D eigenvalue weighted by atomic mass is 32.2. The van der Waals surface area contributed by atoms with Crippen molar-refractivity contribution in [3.05, 3.63) is 48.8 Å². The number of methoxy groups -OCH3 is 1. The van der Waals surface area contributed by atoms with E-state index in [9.17, 15) is 0 Å². The number of nitrogens with zero attached hydrogens (tertiary/aromatic N) is 5. The molecule has 0 N–H and O–H groups in total. The van der Waals surface area contributed by atoms with Gasteiger partial charge in [0.1, 0.15) is 5.75 Å². The minimum atomic E-state index is 0.463. The Hall–Kier alpha value is -2.85. The molecule has 0 radical (unpaired) electrons. The molecule has 0 saturated heterocycles. The molecular weight excluding hydrogens is 322 g/mol. The molecule has 0 aliphatic heterocycles. The fourth-order valence-electron chi connectivity index (χ4n) is 2.20. The maximum Gasteiger partial charge on any atom is 0.196 e. The maximum absolute atomic E-state index is 8.74. The predicted molar refractivity (Wildman–Crippen MR) is 92.1 cm³/mol. The summed E-state index contributed by atoms with van der Waals surface area (Å²) < 4.78 is 7.20. The van der Waals surface area contributed by atoms with Crippen LogP contribution in [0.1, 0.15) is 6.42 Å². The molecule has 1 aromatic carbocycles. The Morgan fingerprint density at radius 3 is 2.54 bits per heavy atom. The average molecular weight is 337 g/mol. The zero-order valence-corrected chi connectivity index (χ0v) is 13.9. The van der Waals surface area contributed by atoms with Gasteiger partial charge in [0.15, 0.2) is 11.0 Å². The minimum absolute atomic E-state index is 0.463. The molecule has 6 nitrogen and oxygen atoms in total. The van der Waals surface area contributed by atoms with Gasteiger partial charge in [-0.2, -0.15) is 5.26 Å². The minimum Gasteiger partial charge on any atom is -0.497 e. The molecule has 0 bridgehead atoms. The third kappa shape index (κ3) is 3.39. The summed E-state index contributed by atoms with van der Waals surface area (Å²) in [5.41, 5.74) is 1.87. The van der Waals surface area contributed by atoms with E-state index in [1.54, 1.807) is 19.5 Å². The number of pyridine rings is 1. The molecule has 2 aromatic heterocycles. The summed E-state index contributed by atoms with van der Waals surface area (Å²) in [6, 6.07) is 13.7. The van der Waals surface area contributed by atoms with Gasteiger partial charge in [-0.1, -0.05) is 11.8 Å². The fourth-order valence-corrected chi connectivity index (χ4v) is 3.00. The summed E-state index contributed by atoms with van der Waals surface area (Å²) in [5, 5.41) is 18.1. The monoisotopic (exact) mass is 337 g/mol. The molecule has 24 heavy (non-hydrogen) atoms. The van der Waals surface area contributed by atoms with Gasteiger partial charge >= 0.3 is 0 Å². The van der Waals surface area contributed by atoms with E-state index in [1.807, 2.05) is 41.0 Å². The molecule has 0 unspecified atom stereocenters. The quantitative estimate of drug-likeness (QED) is 0.507. The van der Waals surface area contributed by atoms with Crippen molar-refractivity contribution < 1.29 is 4.74 Å². The van der Waals surface area contributed by atoms with Crippen molar-refractivity contribution in [3.8, 4) is 28.9 Å². The molecule has 3 rings (SSSR count). The zero-order valence-electron chi connectivity index (χ0n) is 13.1. The summed E-state index contributed by atoms with van der Waals surface area (Å²) >= 11 is 1.51.